The van der Waals surface area contributed by atoms with Crippen LogP contribution in [0.4, 0.5) is 11.4 Å². The van der Waals surface area contributed by atoms with E-state index in [1.807, 2.05) is 0 Å². The Balaban J connectivity index is 1.56. The van der Waals surface area contributed by atoms with Gasteiger partial charge >= 0.3 is 0 Å². The summed E-state index contributed by atoms with van der Waals surface area (Å²) in [4.78, 5) is 41.1. The number of hydrogen-bond donors (Lipinski definition) is 0. The van der Waals surface area contributed by atoms with E-state index < -0.39 is 26.6 Å². The van der Waals surface area contributed by atoms with Crippen molar-refractivity contribution in [1.82, 2.24) is 9.21 Å². The number of carbonyl (C=O) groups is 2. The van der Waals surface area contributed by atoms with Crippen molar-refractivity contribution >= 4 is 33.1 Å². The first kappa shape index (κ1) is 29.5. The minimum atomic E-state index is -3.95. The number of rotatable bonds is 9. The lowest BCUT2D eigenvalue weighted by molar-refractivity contribution is -0.384. The quantitative estimate of drug-likeness (QED) is 0.212. The highest BCUT2D eigenvalue weighted by Crippen LogP contribution is 2.32. The summed E-state index contributed by atoms with van der Waals surface area (Å²) >= 11 is 0. The first-order valence-electron chi connectivity index (χ1n) is 12.6. The van der Waals surface area contributed by atoms with Gasteiger partial charge in [-0.05, 0) is 30.3 Å². The first-order valence-corrected chi connectivity index (χ1v) is 14.0. The van der Waals surface area contributed by atoms with E-state index in [1.54, 1.807) is 37.2 Å². The van der Waals surface area contributed by atoms with Crippen molar-refractivity contribution in [2.24, 2.45) is 0 Å². The van der Waals surface area contributed by atoms with E-state index in [2.05, 4.69) is 0 Å². The molecule has 0 N–H and O–H groups in total. The maximum atomic E-state index is 13.5. The number of sulfonamides is 1. The summed E-state index contributed by atoms with van der Waals surface area (Å²) in [6.07, 6.45) is 0. The minimum absolute atomic E-state index is 0.0305. The fourth-order valence-electron chi connectivity index (χ4n) is 4.64. The number of benzene rings is 3. The number of nitro benzene ring substituents is 1. The number of ether oxygens (including phenoxy) is 2. The Hall–Kier alpha value is -4.49. The number of hydrogen-bond acceptors (Lipinski definition) is 9. The normalized spacial score (nSPS) is 13.9. The molecule has 0 aliphatic carbocycles. The molecule has 1 aliphatic heterocycles. The number of anilines is 1. The Labute approximate surface area is 237 Å². The average Bonchev–Trinajstić information content (AvgIpc) is 2.99. The van der Waals surface area contributed by atoms with Gasteiger partial charge in [-0.1, -0.05) is 18.2 Å². The van der Waals surface area contributed by atoms with Crippen molar-refractivity contribution in [3.63, 3.8) is 0 Å². The van der Waals surface area contributed by atoms with Crippen molar-refractivity contribution in [1.29, 1.82) is 0 Å². The summed E-state index contributed by atoms with van der Waals surface area (Å²) in [5, 5.41) is 11.6. The van der Waals surface area contributed by atoms with Gasteiger partial charge in [0.25, 0.3) is 11.6 Å². The summed E-state index contributed by atoms with van der Waals surface area (Å²) in [6.45, 7) is 0.247. The first-order chi connectivity index (χ1) is 19.5. The molecular weight excluding hydrogens is 552 g/mol. The van der Waals surface area contributed by atoms with Crippen LogP contribution in [0.2, 0.25) is 0 Å². The summed E-state index contributed by atoms with van der Waals surface area (Å²) in [7, 11) is 2.19. The van der Waals surface area contributed by atoms with Gasteiger partial charge in [0.2, 0.25) is 10.0 Å². The standard InChI is InChI=1S/C28H30N4O8S/c1-29(2)23-11-9-19(17-24(23)32(35)36)27(33)21-7-5-6-8-22(21)28(34)30-13-15-31(16-14-30)41(37,38)26-18-20(39-3)10-12-25(26)40-4/h5-12,17-18H,13-16H2,1-4H3. The summed E-state index contributed by atoms with van der Waals surface area (Å²) in [5.74, 6) is -0.435. The number of amides is 1. The molecule has 1 saturated heterocycles. The molecule has 12 nitrogen and oxygen atoms in total. The van der Waals surface area contributed by atoms with E-state index in [-0.39, 0.29) is 59.2 Å². The molecule has 3 aromatic rings. The van der Waals surface area contributed by atoms with Gasteiger partial charge < -0.3 is 19.3 Å². The zero-order valence-electron chi connectivity index (χ0n) is 23.1. The predicted molar refractivity (Wildman–Crippen MR) is 152 cm³/mol. The van der Waals surface area contributed by atoms with Crippen molar-refractivity contribution in [2.45, 2.75) is 4.90 Å². The molecule has 0 aromatic heterocycles. The lowest BCUT2D eigenvalue weighted by atomic mass is 9.96. The van der Waals surface area contributed by atoms with Gasteiger partial charge in [-0.2, -0.15) is 4.31 Å². The van der Waals surface area contributed by atoms with Crippen molar-refractivity contribution < 1.29 is 32.4 Å². The van der Waals surface area contributed by atoms with Gasteiger partial charge in [-0.25, -0.2) is 8.42 Å². The molecule has 1 amide bonds. The molecule has 0 atom stereocenters. The van der Waals surface area contributed by atoms with Gasteiger partial charge in [0.1, 0.15) is 22.1 Å². The zero-order valence-corrected chi connectivity index (χ0v) is 23.9. The highest BCUT2D eigenvalue weighted by atomic mass is 32.2. The molecule has 13 heteroatoms. The lowest BCUT2D eigenvalue weighted by Crippen LogP contribution is -2.50. The van der Waals surface area contributed by atoms with E-state index in [0.717, 1.165) is 0 Å². The number of nitrogens with zero attached hydrogens (tertiary/aromatic N) is 4. The maximum absolute atomic E-state index is 13.5. The van der Waals surface area contributed by atoms with E-state index in [0.29, 0.717) is 11.4 Å². The second-order valence-corrected chi connectivity index (χ2v) is 11.3. The summed E-state index contributed by atoms with van der Waals surface area (Å²) < 4.78 is 38.5. The molecule has 0 unspecified atom stereocenters. The molecule has 1 heterocycles. The summed E-state index contributed by atoms with van der Waals surface area (Å²) in [5.41, 5.74) is 0.416. The van der Waals surface area contributed by atoms with Crippen LogP contribution >= 0.6 is 0 Å². The molecule has 0 saturated carbocycles. The Kier molecular flexibility index (Phi) is 8.59. The average molecular weight is 583 g/mol. The Bertz CT molecular complexity index is 1600. The third-order valence-electron chi connectivity index (χ3n) is 6.83. The molecule has 0 bridgehead atoms. The highest BCUT2D eigenvalue weighted by molar-refractivity contribution is 7.89. The van der Waals surface area contributed by atoms with Crippen LogP contribution in [0.25, 0.3) is 0 Å². The largest absolute Gasteiger partial charge is 0.497 e. The number of piperazine rings is 1. The Morgan fingerprint density at radius 2 is 1.56 bits per heavy atom. The van der Waals surface area contributed by atoms with Crippen LogP contribution < -0.4 is 14.4 Å². The van der Waals surface area contributed by atoms with Crippen molar-refractivity contribution in [3.8, 4) is 11.5 Å². The SMILES string of the molecule is COc1ccc(OC)c(S(=O)(=O)N2CCN(C(=O)c3ccccc3C(=O)c3ccc(N(C)C)c([N+](=O)[O-])c3)CC2)c1. The third-order valence-corrected chi connectivity index (χ3v) is 8.75. The topological polar surface area (TPSA) is 140 Å². The Morgan fingerprint density at radius 1 is 0.902 bits per heavy atom. The van der Waals surface area contributed by atoms with E-state index in [4.69, 9.17) is 9.47 Å². The molecule has 0 spiro atoms. The molecule has 216 valence electrons. The molecule has 4 rings (SSSR count). The van der Waals surface area contributed by atoms with Gasteiger partial charge in [-0.15, -0.1) is 0 Å². The van der Waals surface area contributed by atoms with Gasteiger partial charge in [0, 0.05) is 63.5 Å². The smallest absolute Gasteiger partial charge is 0.293 e. The maximum Gasteiger partial charge on any atom is 0.293 e. The molecule has 0 radical (unpaired) electrons. The van der Waals surface area contributed by atoms with Crippen molar-refractivity contribution in [2.75, 3.05) is 59.4 Å². The van der Waals surface area contributed by atoms with Crippen LogP contribution in [0, 0.1) is 10.1 Å². The molecule has 41 heavy (non-hydrogen) atoms. The molecule has 1 fully saturated rings. The predicted octanol–water partition coefficient (Wildman–Crippen LogP) is 3.06. The second-order valence-electron chi connectivity index (χ2n) is 9.44. The second kappa shape index (κ2) is 11.9. The zero-order chi connectivity index (χ0) is 29.9. The lowest BCUT2D eigenvalue weighted by Gasteiger charge is -2.34. The number of carbonyl (C=O) groups excluding carboxylic acids is 2. The number of methoxy groups -OCH3 is 2. The van der Waals surface area contributed by atoms with E-state index >= 15 is 0 Å². The molecule has 3 aromatic carbocycles. The van der Waals surface area contributed by atoms with Crippen LogP contribution in [-0.2, 0) is 10.0 Å². The molecule has 1 aliphatic rings. The monoisotopic (exact) mass is 582 g/mol. The van der Waals surface area contributed by atoms with Gasteiger partial charge in [0.05, 0.1) is 24.7 Å². The fraction of sp³-hybridized carbons (Fsp3) is 0.286. The van der Waals surface area contributed by atoms with Crippen LogP contribution in [0.5, 0.6) is 11.5 Å². The fourth-order valence-corrected chi connectivity index (χ4v) is 6.23. The van der Waals surface area contributed by atoms with Crippen LogP contribution in [0.1, 0.15) is 26.3 Å². The van der Waals surface area contributed by atoms with Crippen molar-refractivity contribution in [3.05, 3.63) is 87.5 Å². The number of ketones is 1. The minimum Gasteiger partial charge on any atom is -0.497 e. The van der Waals surface area contributed by atoms with Gasteiger partial charge in [-0.3, -0.25) is 19.7 Å². The van der Waals surface area contributed by atoms with E-state index in [1.165, 1.54) is 65.9 Å². The molecular formula is C28H30N4O8S. The van der Waals surface area contributed by atoms with Crippen LogP contribution in [0.15, 0.2) is 65.6 Å². The van der Waals surface area contributed by atoms with E-state index in [9.17, 15) is 28.1 Å². The number of nitro groups is 1. The Morgan fingerprint density at radius 3 is 2.15 bits per heavy atom. The third kappa shape index (κ3) is 5.86. The summed E-state index contributed by atoms with van der Waals surface area (Å²) in [6, 6.07) is 14.9. The highest BCUT2D eigenvalue weighted by Gasteiger charge is 2.34. The van der Waals surface area contributed by atoms with Gasteiger partial charge in [0.15, 0.2) is 5.78 Å². The van der Waals surface area contributed by atoms with Crippen LogP contribution in [0.3, 0.4) is 0 Å². The van der Waals surface area contributed by atoms with Crippen LogP contribution in [-0.4, -0.2) is 88.7 Å².